The van der Waals surface area contributed by atoms with Crippen LogP contribution in [0.25, 0.3) is 0 Å². The molecule has 1 heterocycles. The van der Waals surface area contributed by atoms with Gasteiger partial charge in [-0.2, -0.15) is 5.10 Å². The van der Waals surface area contributed by atoms with Gasteiger partial charge >= 0.3 is 5.97 Å². The largest absolute Gasteiger partial charge is 0.481 e. The Labute approximate surface area is 168 Å². The lowest BCUT2D eigenvalue weighted by Crippen LogP contribution is -2.20. The number of carbonyl (C=O) groups excluding carboxylic acids is 1. The molecule has 1 aromatic heterocycles. The highest BCUT2D eigenvalue weighted by Gasteiger charge is 2.07. The molecule has 0 aliphatic heterocycles. The number of aryl methyl sites for hydroxylation is 2. The van der Waals surface area contributed by atoms with Crippen molar-refractivity contribution in [2.75, 3.05) is 12.4 Å². The van der Waals surface area contributed by atoms with E-state index in [1.165, 1.54) is 18.0 Å². The number of halogens is 1. The zero-order valence-electron chi connectivity index (χ0n) is 14.6. The van der Waals surface area contributed by atoms with Crippen LogP contribution >= 0.6 is 27.7 Å². The normalized spacial score (nSPS) is 10.8. The van der Waals surface area contributed by atoms with Crippen LogP contribution in [0.3, 0.4) is 0 Å². The van der Waals surface area contributed by atoms with Crippen molar-refractivity contribution in [3.63, 3.8) is 0 Å². The number of hydrazone groups is 1. The third kappa shape index (κ3) is 7.35. The van der Waals surface area contributed by atoms with Gasteiger partial charge in [-0.15, -0.1) is 0 Å². The van der Waals surface area contributed by atoms with E-state index in [0.717, 1.165) is 15.9 Å². The zero-order valence-corrected chi connectivity index (χ0v) is 17.0. The minimum Gasteiger partial charge on any atom is -0.481 e. The van der Waals surface area contributed by atoms with Gasteiger partial charge in [0.05, 0.1) is 12.0 Å². The molecule has 0 fully saturated rings. The third-order valence-corrected chi connectivity index (χ3v) is 4.35. The van der Waals surface area contributed by atoms with Crippen LogP contribution in [0.2, 0.25) is 0 Å². The molecule has 0 unspecified atom stereocenters. The summed E-state index contributed by atoms with van der Waals surface area (Å²) in [7, 11) is 0. The number of benzene rings is 1. The Kier molecular flexibility index (Phi) is 7.74. The van der Waals surface area contributed by atoms with Crippen molar-refractivity contribution in [2.24, 2.45) is 5.10 Å². The number of hydrogen-bond acceptors (Lipinski definition) is 7. The standard InChI is InChI=1S/C17H17BrN4O4S/c1-10-5-11(2)21-17(20-10)27-9-15(23)22-19-7-12-6-13(18)3-4-14(12)26-8-16(24)25/h3-7H,8-9H2,1-2H3,(H,22,23)(H,24,25)/b19-7-. The molecule has 0 saturated carbocycles. The number of thioether (sulfide) groups is 1. The molecule has 0 aliphatic carbocycles. The molecule has 0 saturated heterocycles. The number of hydrogen-bond donors (Lipinski definition) is 2. The highest BCUT2D eigenvalue weighted by atomic mass is 79.9. The molecule has 142 valence electrons. The second-order valence-electron chi connectivity index (χ2n) is 5.38. The van der Waals surface area contributed by atoms with E-state index in [4.69, 9.17) is 9.84 Å². The van der Waals surface area contributed by atoms with Crippen LogP contribution < -0.4 is 10.2 Å². The first-order chi connectivity index (χ1) is 12.8. The second-order valence-corrected chi connectivity index (χ2v) is 7.24. The molecular weight excluding hydrogens is 436 g/mol. The molecule has 1 aromatic carbocycles. The Bertz CT molecular complexity index is 856. The molecule has 2 N–H and O–H groups in total. The minimum absolute atomic E-state index is 0.112. The molecule has 0 aliphatic rings. The van der Waals surface area contributed by atoms with E-state index in [1.54, 1.807) is 18.2 Å². The Hall–Kier alpha value is -2.46. The summed E-state index contributed by atoms with van der Waals surface area (Å²) >= 11 is 4.54. The van der Waals surface area contributed by atoms with Crippen LogP contribution in [0, 0.1) is 13.8 Å². The average molecular weight is 453 g/mol. The molecule has 8 nitrogen and oxygen atoms in total. The van der Waals surface area contributed by atoms with Crippen LogP contribution in [0.15, 0.2) is 39.0 Å². The first kappa shape index (κ1) is 20.8. The molecule has 0 atom stereocenters. The van der Waals surface area contributed by atoms with Gasteiger partial charge in [0.2, 0.25) is 0 Å². The molecule has 10 heteroatoms. The zero-order chi connectivity index (χ0) is 19.8. The Morgan fingerprint density at radius 1 is 1.30 bits per heavy atom. The van der Waals surface area contributed by atoms with Crippen LogP contribution in [-0.2, 0) is 9.59 Å². The third-order valence-electron chi connectivity index (χ3n) is 3.01. The molecule has 0 spiro atoms. The number of carboxylic acid groups (broad SMARTS) is 1. The molecule has 2 rings (SSSR count). The number of nitrogens with zero attached hydrogens (tertiary/aromatic N) is 3. The highest BCUT2D eigenvalue weighted by Crippen LogP contribution is 2.21. The molecule has 0 radical (unpaired) electrons. The van der Waals surface area contributed by atoms with Gasteiger partial charge in [0.25, 0.3) is 5.91 Å². The van der Waals surface area contributed by atoms with E-state index in [2.05, 4.69) is 36.4 Å². The van der Waals surface area contributed by atoms with Gasteiger partial charge in [0, 0.05) is 21.4 Å². The van der Waals surface area contributed by atoms with E-state index in [-0.39, 0.29) is 11.7 Å². The minimum atomic E-state index is -1.08. The summed E-state index contributed by atoms with van der Waals surface area (Å²) in [5.74, 6) is -0.945. The quantitative estimate of drug-likeness (QED) is 0.273. The van der Waals surface area contributed by atoms with Gasteiger partial charge in [0.15, 0.2) is 11.8 Å². The summed E-state index contributed by atoms with van der Waals surface area (Å²) in [6.07, 6.45) is 1.39. The average Bonchev–Trinajstić information content (AvgIpc) is 2.58. The fraction of sp³-hybridized carbons (Fsp3) is 0.235. The van der Waals surface area contributed by atoms with E-state index < -0.39 is 12.6 Å². The van der Waals surface area contributed by atoms with Crippen molar-refractivity contribution < 1.29 is 19.4 Å². The van der Waals surface area contributed by atoms with E-state index in [0.29, 0.717) is 16.5 Å². The molecule has 0 bridgehead atoms. The highest BCUT2D eigenvalue weighted by molar-refractivity contribution is 9.10. The fourth-order valence-corrected chi connectivity index (χ4v) is 3.11. The van der Waals surface area contributed by atoms with Gasteiger partial charge in [0.1, 0.15) is 5.75 Å². The summed E-state index contributed by atoms with van der Waals surface area (Å²) in [5, 5.41) is 13.1. The number of rotatable bonds is 8. The number of aliphatic carboxylic acids is 1. The number of amides is 1. The van der Waals surface area contributed by atoms with Crippen LogP contribution in [0.4, 0.5) is 0 Å². The molecule has 27 heavy (non-hydrogen) atoms. The summed E-state index contributed by atoms with van der Waals surface area (Å²) in [5.41, 5.74) is 4.61. The molecule has 2 aromatic rings. The lowest BCUT2D eigenvalue weighted by molar-refractivity contribution is -0.139. The predicted molar refractivity (Wildman–Crippen MR) is 105 cm³/mol. The maximum absolute atomic E-state index is 11.9. The predicted octanol–water partition coefficient (Wildman–Crippen LogP) is 2.56. The number of nitrogens with one attached hydrogen (secondary N) is 1. The number of ether oxygens (including phenoxy) is 1. The smallest absolute Gasteiger partial charge is 0.341 e. The maximum Gasteiger partial charge on any atom is 0.341 e. The topological polar surface area (TPSA) is 114 Å². The number of carbonyl (C=O) groups is 2. The van der Waals surface area contributed by atoms with Crippen molar-refractivity contribution >= 4 is 45.8 Å². The van der Waals surface area contributed by atoms with Gasteiger partial charge < -0.3 is 9.84 Å². The van der Waals surface area contributed by atoms with E-state index in [1.807, 2.05) is 19.9 Å². The first-order valence-electron chi connectivity index (χ1n) is 7.74. The monoisotopic (exact) mass is 452 g/mol. The van der Waals surface area contributed by atoms with Crippen molar-refractivity contribution in [2.45, 2.75) is 19.0 Å². The maximum atomic E-state index is 11.9. The lowest BCUT2D eigenvalue weighted by atomic mass is 10.2. The van der Waals surface area contributed by atoms with E-state index in [9.17, 15) is 9.59 Å². The Balaban J connectivity index is 1.93. The second kappa shape index (κ2) is 10.0. The fourth-order valence-electron chi connectivity index (χ4n) is 1.99. The van der Waals surface area contributed by atoms with Gasteiger partial charge in [-0.3, -0.25) is 4.79 Å². The summed E-state index contributed by atoms with van der Waals surface area (Å²) < 4.78 is 5.96. The van der Waals surface area contributed by atoms with E-state index >= 15 is 0 Å². The summed E-state index contributed by atoms with van der Waals surface area (Å²) in [4.78, 5) is 31.1. The Morgan fingerprint density at radius 2 is 2.00 bits per heavy atom. The van der Waals surface area contributed by atoms with Crippen molar-refractivity contribution in [1.82, 2.24) is 15.4 Å². The van der Waals surface area contributed by atoms with Crippen LogP contribution in [-0.4, -0.2) is 45.5 Å². The molecular formula is C17H17BrN4O4S. The van der Waals surface area contributed by atoms with Crippen molar-refractivity contribution in [3.05, 3.63) is 45.7 Å². The first-order valence-corrected chi connectivity index (χ1v) is 9.52. The summed E-state index contributed by atoms with van der Waals surface area (Å²) in [6.45, 7) is 3.26. The molecule has 1 amide bonds. The van der Waals surface area contributed by atoms with Gasteiger partial charge in [-0.1, -0.05) is 27.7 Å². The van der Waals surface area contributed by atoms with Crippen molar-refractivity contribution in [3.8, 4) is 5.75 Å². The summed E-state index contributed by atoms with van der Waals surface area (Å²) in [6, 6.07) is 6.89. The number of aromatic nitrogens is 2. The van der Waals surface area contributed by atoms with Crippen LogP contribution in [0.1, 0.15) is 17.0 Å². The Morgan fingerprint density at radius 3 is 2.67 bits per heavy atom. The van der Waals surface area contributed by atoms with Gasteiger partial charge in [-0.25, -0.2) is 20.2 Å². The number of carboxylic acids is 1. The van der Waals surface area contributed by atoms with Crippen molar-refractivity contribution in [1.29, 1.82) is 0 Å². The van der Waals surface area contributed by atoms with Crippen LogP contribution in [0.5, 0.6) is 5.75 Å². The lowest BCUT2D eigenvalue weighted by Gasteiger charge is -2.07. The van der Waals surface area contributed by atoms with Gasteiger partial charge in [-0.05, 0) is 38.1 Å². The SMILES string of the molecule is Cc1cc(C)nc(SCC(=O)N/N=C\c2cc(Br)ccc2OCC(=O)O)n1.